The maximum Gasteiger partial charge on any atom is 0.351 e. The van der Waals surface area contributed by atoms with Crippen LogP contribution in [0.2, 0.25) is 0 Å². The lowest BCUT2D eigenvalue weighted by atomic mass is 9.89. The quantitative estimate of drug-likeness (QED) is 0.610. The molecule has 2 rings (SSSR count). The molecule has 0 spiro atoms. The minimum atomic E-state index is -1.76. The van der Waals surface area contributed by atoms with Crippen LogP contribution in [0.25, 0.3) is 0 Å². The summed E-state index contributed by atoms with van der Waals surface area (Å²) in [7, 11) is 0. The summed E-state index contributed by atoms with van der Waals surface area (Å²) in [6, 6.07) is 1.43. The van der Waals surface area contributed by atoms with Gasteiger partial charge >= 0.3 is 5.69 Å². The van der Waals surface area contributed by atoms with Crippen molar-refractivity contribution in [2.75, 3.05) is 6.61 Å². The first-order chi connectivity index (χ1) is 9.26. The van der Waals surface area contributed by atoms with E-state index in [0.717, 1.165) is 4.57 Å². The van der Waals surface area contributed by atoms with Crippen LogP contribution in [-0.4, -0.2) is 55.5 Å². The first-order valence-corrected chi connectivity index (χ1v) is 6.01. The Hall–Kier alpha value is -1.61. The summed E-state index contributed by atoms with van der Waals surface area (Å²) in [4.78, 5) is 19.1. The lowest BCUT2D eigenvalue weighted by Crippen LogP contribution is -2.50. The van der Waals surface area contributed by atoms with Crippen LogP contribution in [0.5, 0.6) is 0 Å². The molecule has 8 nitrogen and oxygen atoms in total. The zero-order valence-corrected chi connectivity index (χ0v) is 11.2. The fraction of sp³-hybridized carbons (Fsp3) is 0.583. The summed E-state index contributed by atoms with van der Waals surface area (Å²) in [5.41, 5.74) is -3.83. The molecule has 20 heavy (non-hydrogen) atoms. The summed E-state index contributed by atoms with van der Waals surface area (Å²) < 4.78 is 6.53. The standard InChI is InChI=1S/C12H17N3O5/c1-11(6-16)8(17)12(2,19)9(20-11)15-5-4-7(13-3)14-10(15)18/h4-5,8-9,16-17,19H,3,6H2,1-2H3/t8-,9-,11-,12-/m1/s1. The van der Waals surface area contributed by atoms with E-state index in [1.807, 2.05) is 0 Å². The summed E-state index contributed by atoms with van der Waals surface area (Å²) >= 11 is 0. The lowest BCUT2D eigenvalue weighted by molar-refractivity contribution is -0.122. The molecular weight excluding hydrogens is 266 g/mol. The number of rotatable bonds is 3. The van der Waals surface area contributed by atoms with Crippen molar-refractivity contribution in [1.29, 1.82) is 0 Å². The third-order valence-corrected chi connectivity index (χ3v) is 3.56. The van der Waals surface area contributed by atoms with E-state index in [-0.39, 0.29) is 5.82 Å². The lowest BCUT2D eigenvalue weighted by Gasteiger charge is -2.28. The normalized spacial score (nSPS) is 37.0. The van der Waals surface area contributed by atoms with E-state index in [4.69, 9.17) is 4.74 Å². The number of ether oxygens (including phenoxy) is 1. The number of aliphatic hydroxyl groups is 3. The Morgan fingerprint density at radius 1 is 1.60 bits per heavy atom. The van der Waals surface area contributed by atoms with Crippen molar-refractivity contribution in [3.8, 4) is 0 Å². The summed E-state index contributed by atoms with van der Waals surface area (Å²) in [6.45, 7) is 5.53. The van der Waals surface area contributed by atoms with E-state index in [1.165, 1.54) is 26.1 Å². The largest absolute Gasteiger partial charge is 0.393 e. The van der Waals surface area contributed by atoms with E-state index < -0.39 is 35.8 Å². The molecule has 1 aliphatic rings. The topological polar surface area (TPSA) is 117 Å². The highest BCUT2D eigenvalue weighted by atomic mass is 16.6. The maximum atomic E-state index is 11.9. The van der Waals surface area contributed by atoms with Crippen molar-refractivity contribution < 1.29 is 20.1 Å². The number of aliphatic imine (C=N–C) groups is 1. The molecule has 4 atom stereocenters. The van der Waals surface area contributed by atoms with Crippen molar-refractivity contribution in [1.82, 2.24) is 9.55 Å². The molecule has 3 N–H and O–H groups in total. The summed E-state index contributed by atoms with van der Waals surface area (Å²) in [6.07, 6.45) is -1.20. The molecule has 1 aromatic heterocycles. The van der Waals surface area contributed by atoms with Crippen LogP contribution >= 0.6 is 0 Å². The fourth-order valence-corrected chi connectivity index (χ4v) is 2.32. The van der Waals surface area contributed by atoms with Crippen LogP contribution < -0.4 is 5.69 Å². The SMILES string of the molecule is C=Nc1ccn([C@@H]2O[C@](C)(CO)[C@@H](O)[C@@]2(C)O)c(=O)n1. The molecule has 1 aliphatic heterocycles. The Labute approximate surface area is 115 Å². The average Bonchev–Trinajstić information content (AvgIpc) is 2.60. The van der Waals surface area contributed by atoms with Crippen molar-refractivity contribution in [3.05, 3.63) is 22.7 Å². The molecule has 0 aromatic carbocycles. The minimum Gasteiger partial charge on any atom is -0.393 e. The molecule has 0 unspecified atom stereocenters. The maximum absolute atomic E-state index is 11.9. The third kappa shape index (κ3) is 2.06. The average molecular weight is 283 g/mol. The van der Waals surface area contributed by atoms with Gasteiger partial charge in [-0.05, 0) is 26.6 Å². The van der Waals surface area contributed by atoms with Crippen molar-refractivity contribution in [2.45, 2.75) is 37.4 Å². The Bertz CT molecular complexity index is 585. The Morgan fingerprint density at radius 3 is 2.70 bits per heavy atom. The van der Waals surface area contributed by atoms with Gasteiger partial charge in [-0.1, -0.05) is 0 Å². The van der Waals surface area contributed by atoms with Crippen LogP contribution in [0, 0.1) is 0 Å². The van der Waals surface area contributed by atoms with Gasteiger partial charge in [-0.3, -0.25) is 4.57 Å². The van der Waals surface area contributed by atoms with Gasteiger partial charge in [-0.15, -0.1) is 0 Å². The van der Waals surface area contributed by atoms with Crippen molar-refractivity contribution in [2.24, 2.45) is 4.99 Å². The predicted molar refractivity (Wildman–Crippen MR) is 69.9 cm³/mol. The van der Waals surface area contributed by atoms with E-state index in [2.05, 4.69) is 16.7 Å². The van der Waals surface area contributed by atoms with Gasteiger partial charge in [0, 0.05) is 6.20 Å². The molecule has 8 heteroatoms. The van der Waals surface area contributed by atoms with Crippen LogP contribution in [0.1, 0.15) is 20.1 Å². The van der Waals surface area contributed by atoms with E-state index >= 15 is 0 Å². The second-order valence-corrected chi connectivity index (χ2v) is 5.20. The molecule has 1 aromatic rings. The van der Waals surface area contributed by atoms with E-state index in [1.54, 1.807) is 0 Å². The molecule has 1 fully saturated rings. The number of aliphatic hydroxyl groups excluding tert-OH is 2. The summed E-state index contributed by atoms with van der Waals surface area (Å²) in [5, 5.41) is 29.8. The predicted octanol–water partition coefficient (Wildman–Crippen LogP) is -1.03. The second-order valence-electron chi connectivity index (χ2n) is 5.20. The third-order valence-electron chi connectivity index (χ3n) is 3.56. The molecule has 0 bridgehead atoms. The molecule has 0 radical (unpaired) electrons. The first kappa shape index (κ1) is 14.8. The van der Waals surface area contributed by atoms with Gasteiger partial charge in [0.1, 0.15) is 17.3 Å². The first-order valence-electron chi connectivity index (χ1n) is 6.01. The molecule has 110 valence electrons. The number of nitrogens with zero attached hydrogens (tertiary/aromatic N) is 3. The molecule has 0 amide bonds. The monoisotopic (exact) mass is 283 g/mol. The molecule has 0 saturated carbocycles. The Kier molecular flexibility index (Phi) is 3.51. The highest BCUT2D eigenvalue weighted by molar-refractivity contribution is 5.37. The highest BCUT2D eigenvalue weighted by Crippen LogP contribution is 2.43. The Balaban J connectivity index is 2.48. The molecule has 2 heterocycles. The van der Waals surface area contributed by atoms with Gasteiger partial charge in [0.15, 0.2) is 12.0 Å². The van der Waals surface area contributed by atoms with Gasteiger partial charge in [-0.25, -0.2) is 9.79 Å². The number of hydrogen-bond donors (Lipinski definition) is 3. The Morgan fingerprint density at radius 2 is 2.25 bits per heavy atom. The van der Waals surface area contributed by atoms with Crippen LogP contribution in [0.15, 0.2) is 22.1 Å². The van der Waals surface area contributed by atoms with Gasteiger partial charge in [0.25, 0.3) is 0 Å². The zero-order valence-electron chi connectivity index (χ0n) is 11.2. The number of hydrogen-bond acceptors (Lipinski definition) is 7. The number of aromatic nitrogens is 2. The second kappa shape index (κ2) is 4.74. The van der Waals surface area contributed by atoms with Gasteiger partial charge in [0.05, 0.1) is 6.61 Å². The van der Waals surface area contributed by atoms with Gasteiger partial charge in [0.2, 0.25) is 0 Å². The van der Waals surface area contributed by atoms with E-state index in [9.17, 15) is 20.1 Å². The molecular formula is C12H17N3O5. The van der Waals surface area contributed by atoms with Crippen molar-refractivity contribution >= 4 is 12.5 Å². The molecule has 0 aliphatic carbocycles. The van der Waals surface area contributed by atoms with E-state index in [0.29, 0.717) is 0 Å². The smallest absolute Gasteiger partial charge is 0.351 e. The van der Waals surface area contributed by atoms with Crippen LogP contribution in [-0.2, 0) is 4.74 Å². The van der Waals surface area contributed by atoms with Crippen LogP contribution in [0.4, 0.5) is 5.82 Å². The fourth-order valence-electron chi connectivity index (χ4n) is 2.32. The van der Waals surface area contributed by atoms with Crippen molar-refractivity contribution in [3.63, 3.8) is 0 Å². The van der Waals surface area contributed by atoms with Gasteiger partial charge in [-0.2, -0.15) is 4.98 Å². The van der Waals surface area contributed by atoms with Gasteiger partial charge < -0.3 is 20.1 Å². The minimum absolute atomic E-state index is 0.148. The molecule has 1 saturated heterocycles. The summed E-state index contributed by atoms with van der Waals surface area (Å²) in [5.74, 6) is 0.148. The highest BCUT2D eigenvalue weighted by Gasteiger charge is 2.59. The van der Waals surface area contributed by atoms with Crippen LogP contribution in [0.3, 0.4) is 0 Å². The zero-order chi connectivity index (χ0) is 15.1.